The summed E-state index contributed by atoms with van der Waals surface area (Å²) in [6.07, 6.45) is 0. The molecule has 1 saturated heterocycles. The lowest BCUT2D eigenvalue weighted by atomic mass is 10.1. The van der Waals surface area contributed by atoms with E-state index >= 15 is 0 Å². The van der Waals surface area contributed by atoms with Crippen molar-refractivity contribution >= 4 is 41.3 Å². The molecule has 156 valence electrons. The molecule has 0 saturated carbocycles. The monoisotopic (exact) mass is 529 g/mol. The summed E-state index contributed by atoms with van der Waals surface area (Å²) in [5, 5.41) is 17.6. The van der Waals surface area contributed by atoms with Crippen molar-refractivity contribution in [2.24, 2.45) is 4.99 Å². The largest absolute Gasteiger partial charge is 0.379 e. The zero-order chi connectivity index (χ0) is 19.8. The van der Waals surface area contributed by atoms with Gasteiger partial charge in [0.25, 0.3) is 0 Å². The summed E-state index contributed by atoms with van der Waals surface area (Å²) in [6, 6.07) is 10.8. The van der Waals surface area contributed by atoms with Crippen LogP contribution in [-0.2, 0) is 11.3 Å². The molecule has 0 bridgehead atoms. The van der Waals surface area contributed by atoms with Gasteiger partial charge in [-0.25, -0.2) is 4.39 Å². The van der Waals surface area contributed by atoms with Crippen molar-refractivity contribution in [3.05, 3.63) is 57.5 Å². The topological polar surface area (TPSA) is 72.7 Å². The maximum atomic E-state index is 14.0. The van der Waals surface area contributed by atoms with E-state index in [0.29, 0.717) is 23.6 Å². The van der Waals surface area contributed by atoms with E-state index in [-0.39, 0.29) is 42.4 Å². The Morgan fingerprint density at radius 3 is 2.79 bits per heavy atom. The molecule has 0 amide bonds. The molecule has 1 fully saturated rings. The van der Waals surface area contributed by atoms with E-state index in [1.54, 1.807) is 24.5 Å². The van der Waals surface area contributed by atoms with E-state index in [2.05, 4.69) is 38.0 Å². The summed E-state index contributed by atoms with van der Waals surface area (Å²) in [7, 11) is 1.69. The van der Waals surface area contributed by atoms with Crippen LogP contribution in [0.2, 0.25) is 0 Å². The van der Waals surface area contributed by atoms with Gasteiger partial charge in [-0.2, -0.15) is 5.26 Å². The fraction of sp³-hybridized carbons (Fsp3) is 0.400. The number of halogens is 2. The molecule has 1 aliphatic heterocycles. The van der Waals surface area contributed by atoms with Crippen molar-refractivity contribution in [3.63, 3.8) is 0 Å². The van der Waals surface area contributed by atoms with Crippen LogP contribution in [0, 0.1) is 17.1 Å². The molecule has 2 aromatic rings. The van der Waals surface area contributed by atoms with Crippen molar-refractivity contribution < 1.29 is 9.13 Å². The van der Waals surface area contributed by atoms with Gasteiger partial charge in [-0.3, -0.25) is 9.89 Å². The maximum absolute atomic E-state index is 14.0. The molecule has 1 aromatic heterocycles. The summed E-state index contributed by atoms with van der Waals surface area (Å²) in [5.74, 6) is 0.253. The molecule has 0 spiro atoms. The minimum Gasteiger partial charge on any atom is -0.379 e. The van der Waals surface area contributed by atoms with Crippen molar-refractivity contribution in [2.75, 3.05) is 39.9 Å². The highest BCUT2D eigenvalue weighted by Gasteiger charge is 2.23. The van der Waals surface area contributed by atoms with E-state index in [4.69, 9.17) is 10.00 Å². The van der Waals surface area contributed by atoms with Gasteiger partial charge in [0.15, 0.2) is 5.96 Å². The Hall–Kier alpha value is -1.74. The van der Waals surface area contributed by atoms with Gasteiger partial charge in [-0.1, -0.05) is 6.07 Å². The van der Waals surface area contributed by atoms with Crippen LogP contribution in [0.1, 0.15) is 22.0 Å². The summed E-state index contributed by atoms with van der Waals surface area (Å²) < 4.78 is 19.5. The zero-order valence-corrected chi connectivity index (χ0v) is 19.4. The van der Waals surface area contributed by atoms with E-state index in [9.17, 15) is 4.39 Å². The Labute approximate surface area is 191 Å². The third kappa shape index (κ3) is 6.64. The van der Waals surface area contributed by atoms with Crippen LogP contribution in [0.25, 0.3) is 0 Å². The number of hydrogen-bond donors (Lipinski definition) is 2. The van der Waals surface area contributed by atoms with Crippen molar-refractivity contribution in [1.82, 2.24) is 15.5 Å². The molecule has 1 aromatic carbocycles. The fourth-order valence-electron chi connectivity index (χ4n) is 3.15. The molecule has 29 heavy (non-hydrogen) atoms. The van der Waals surface area contributed by atoms with Crippen LogP contribution in [-0.4, -0.2) is 50.8 Å². The average Bonchev–Trinajstić information content (AvgIpc) is 3.27. The smallest absolute Gasteiger partial charge is 0.191 e. The number of nitriles is 1. The molecule has 2 N–H and O–H groups in total. The highest BCUT2D eigenvalue weighted by molar-refractivity contribution is 14.0. The van der Waals surface area contributed by atoms with Gasteiger partial charge < -0.3 is 15.4 Å². The van der Waals surface area contributed by atoms with Gasteiger partial charge in [0.2, 0.25) is 0 Å². The Bertz CT molecular complexity index is 834. The lowest BCUT2D eigenvalue weighted by Crippen LogP contribution is -2.46. The molecule has 1 atom stereocenters. The number of aliphatic imine (C=N–C) groups is 1. The first kappa shape index (κ1) is 23.5. The minimum atomic E-state index is -0.341. The standard InChI is InChI=1S/C20H24FN5OS.HI/c1-23-20(24-13-16-11-15(12-22)4-5-17(16)21)25-14-18(19-3-2-10-28-19)26-6-8-27-9-7-26;/h2-5,10-11,18H,6-9,13-14H2,1H3,(H2,23,24,25);1H. The molecule has 1 unspecified atom stereocenters. The van der Waals surface area contributed by atoms with Gasteiger partial charge in [0.1, 0.15) is 5.82 Å². The first-order valence-electron chi connectivity index (χ1n) is 9.19. The number of morpholine rings is 1. The molecule has 2 heterocycles. The Morgan fingerprint density at radius 1 is 1.34 bits per heavy atom. The number of rotatable bonds is 6. The van der Waals surface area contributed by atoms with Crippen LogP contribution in [0.3, 0.4) is 0 Å². The molecule has 6 nitrogen and oxygen atoms in total. The SMILES string of the molecule is CN=C(NCc1cc(C#N)ccc1F)NCC(c1cccs1)N1CCOCC1.I. The second-order valence-electron chi connectivity index (χ2n) is 6.40. The summed E-state index contributed by atoms with van der Waals surface area (Å²) in [5.41, 5.74) is 0.871. The number of thiophene rings is 1. The first-order chi connectivity index (χ1) is 13.7. The summed E-state index contributed by atoms with van der Waals surface area (Å²) >= 11 is 1.74. The lowest BCUT2D eigenvalue weighted by Gasteiger charge is -2.34. The Kier molecular flexibility index (Phi) is 9.80. The Morgan fingerprint density at radius 2 is 2.14 bits per heavy atom. The number of hydrogen-bond acceptors (Lipinski definition) is 5. The number of nitrogens with zero attached hydrogens (tertiary/aromatic N) is 3. The van der Waals surface area contributed by atoms with Gasteiger partial charge in [-0.05, 0) is 29.6 Å². The molecule has 0 aliphatic carbocycles. The zero-order valence-electron chi connectivity index (χ0n) is 16.2. The van der Waals surface area contributed by atoms with Crippen LogP contribution in [0.4, 0.5) is 4.39 Å². The Balaban J connectivity index is 0.00000300. The predicted octanol–water partition coefficient (Wildman–Crippen LogP) is 3.12. The van der Waals surface area contributed by atoms with Crippen molar-refractivity contribution in [1.29, 1.82) is 5.26 Å². The van der Waals surface area contributed by atoms with Gasteiger partial charge in [-0.15, -0.1) is 35.3 Å². The van der Waals surface area contributed by atoms with Crippen LogP contribution >= 0.6 is 35.3 Å². The van der Waals surface area contributed by atoms with Crippen molar-refractivity contribution in [3.8, 4) is 6.07 Å². The number of benzene rings is 1. The van der Waals surface area contributed by atoms with E-state index in [0.717, 1.165) is 26.3 Å². The van der Waals surface area contributed by atoms with Gasteiger partial charge in [0, 0.05) is 43.7 Å². The van der Waals surface area contributed by atoms with Crippen LogP contribution in [0.5, 0.6) is 0 Å². The quantitative estimate of drug-likeness (QED) is 0.342. The molecular weight excluding hydrogens is 504 g/mol. The fourth-order valence-corrected chi connectivity index (χ4v) is 4.01. The second-order valence-corrected chi connectivity index (χ2v) is 7.38. The van der Waals surface area contributed by atoms with E-state index in [1.165, 1.54) is 17.0 Å². The maximum Gasteiger partial charge on any atom is 0.191 e. The minimum absolute atomic E-state index is 0. The summed E-state index contributed by atoms with van der Waals surface area (Å²) in [4.78, 5) is 7.94. The molecule has 9 heteroatoms. The third-order valence-electron chi connectivity index (χ3n) is 4.67. The van der Waals surface area contributed by atoms with Gasteiger partial charge >= 0.3 is 0 Å². The number of ether oxygens (including phenoxy) is 1. The molecule has 3 rings (SSSR count). The van der Waals surface area contributed by atoms with E-state index in [1.807, 2.05) is 6.07 Å². The van der Waals surface area contributed by atoms with Crippen molar-refractivity contribution in [2.45, 2.75) is 12.6 Å². The third-order valence-corrected chi connectivity index (χ3v) is 5.64. The molecule has 1 aliphatic rings. The first-order valence-corrected chi connectivity index (χ1v) is 10.1. The second kappa shape index (κ2) is 12.1. The van der Waals surface area contributed by atoms with Crippen LogP contribution in [0.15, 0.2) is 40.7 Å². The molecule has 0 radical (unpaired) electrons. The predicted molar refractivity (Wildman–Crippen MR) is 124 cm³/mol. The highest BCUT2D eigenvalue weighted by atomic mass is 127. The normalized spacial score (nSPS) is 15.8. The van der Waals surface area contributed by atoms with Crippen LogP contribution < -0.4 is 10.6 Å². The number of guanidine groups is 1. The average molecular weight is 529 g/mol. The highest BCUT2D eigenvalue weighted by Crippen LogP contribution is 2.25. The van der Waals surface area contributed by atoms with Gasteiger partial charge in [0.05, 0.1) is 30.9 Å². The number of nitrogens with one attached hydrogen (secondary N) is 2. The molecular formula is C20H25FIN5OS. The lowest BCUT2D eigenvalue weighted by molar-refractivity contribution is 0.0177. The van der Waals surface area contributed by atoms with E-state index < -0.39 is 0 Å². The summed E-state index contributed by atoms with van der Waals surface area (Å²) in [6.45, 7) is 4.20.